The average Bonchev–Trinajstić information content (AvgIpc) is 3.37. The zero-order chi connectivity index (χ0) is 23.5. The molecule has 4 rings (SSSR count). The molecule has 0 saturated carbocycles. The minimum Gasteiger partial charge on any atom is -0.508 e. The average molecular weight is 483 g/mol. The number of rotatable bonds is 6. The van der Waals surface area contributed by atoms with Gasteiger partial charge < -0.3 is 19.9 Å². The molecule has 0 spiro atoms. The first-order chi connectivity index (χ1) is 15.9. The summed E-state index contributed by atoms with van der Waals surface area (Å²) in [5.41, 5.74) is 1.90. The fourth-order valence-corrected chi connectivity index (χ4v) is 4.68. The van der Waals surface area contributed by atoms with E-state index < -0.39 is 0 Å². The molecule has 2 heterocycles. The third-order valence-corrected chi connectivity index (χ3v) is 6.37. The highest BCUT2D eigenvalue weighted by Crippen LogP contribution is 2.39. The molecule has 33 heavy (non-hydrogen) atoms. The number of nitrogens with one attached hydrogen (secondary N) is 1. The fourth-order valence-electron chi connectivity index (χ4n) is 3.07. The second kappa shape index (κ2) is 9.32. The summed E-state index contributed by atoms with van der Waals surface area (Å²) in [5.74, 6) is -1.10. The smallest absolute Gasteiger partial charge is 0.277 e. The van der Waals surface area contributed by atoms with Gasteiger partial charge in [0, 0.05) is 16.5 Å². The topological polar surface area (TPSA) is 132 Å². The van der Waals surface area contributed by atoms with Crippen molar-refractivity contribution in [1.29, 1.82) is 5.26 Å². The van der Waals surface area contributed by atoms with Crippen molar-refractivity contribution in [1.82, 2.24) is 10.2 Å². The maximum Gasteiger partial charge on any atom is 0.277 e. The SMILES string of the molecule is Cc1sc(NC(=O)CSc2nnc(-c3ccc(O)cc3O)o2)c(C#N)c1-c1ccc(F)cc1. The fraction of sp³-hybridized carbons (Fsp3) is 0.0909. The molecule has 8 nitrogen and oxygen atoms in total. The van der Waals surface area contributed by atoms with E-state index in [1.807, 2.05) is 6.92 Å². The van der Waals surface area contributed by atoms with E-state index in [1.165, 1.54) is 35.6 Å². The Kier molecular flexibility index (Phi) is 6.30. The molecule has 0 aliphatic carbocycles. The number of aryl methyl sites for hydroxylation is 1. The number of nitrogens with zero attached hydrogens (tertiary/aromatic N) is 3. The maximum absolute atomic E-state index is 13.3. The Bertz CT molecular complexity index is 1380. The third-order valence-electron chi connectivity index (χ3n) is 4.53. The Morgan fingerprint density at radius 2 is 2.00 bits per heavy atom. The molecule has 11 heteroatoms. The number of amides is 1. The molecule has 4 aromatic rings. The van der Waals surface area contributed by atoms with Crippen LogP contribution in [0.5, 0.6) is 11.5 Å². The van der Waals surface area contributed by atoms with Crippen LogP contribution in [0.25, 0.3) is 22.6 Å². The lowest BCUT2D eigenvalue weighted by molar-refractivity contribution is -0.113. The normalized spacial score (nSPS) is 10.7. The van der Waals surface area contributed by atoms with Crippen LogP contribution >= 0.6 is 23.1 Å². The lowest BCUT2D eigenvalue weighted by Gasteiger charge is -2.04. The van der Waals surface area contributed by atoms with Crippen molar-refractivity contribution in [3.05, 3.63) is 58.7 Å². The molecule has 166 valence electrons. The molecule has 0 aliphatic rings. The van der Waals surface area contributed by atoms with Gasteiger partial charge in [-0.25, -0.2) is 4.39 Å². The summed E-state index contributed by atoms with van der Waals surface area (Å²) in [4.78, 5) is 13.3. The van der Waals surface area contributed by atoms with Gasteiger partial charge in [0.2, 0.25) is 5.91 Å². The number of halogens is 1. The lowest BCUT2D eigenvalue weighted by atomic mass is 10.0. The number of carbonyl (C=O) groups is 1. The van der Waals surface area contributed by atoms with Gasteiger partial charge in [0.25, 0.3) is 11.1 Å². The van der Waals surface area contributed by atoms with E-state index in [9.17, 15) is 24.7 Å². The van der Waals surface area contributed by atoms with Crippen molar-refractivity contribution in [2.75, 3.05) is 11.1 Å². The Balaban J connectivity index is 1.45. The van der Waals surface area contributed by atoms with Gasteiger partial charge in [-0.1, -0.05) is 23.9 Å². The van der Waals surface area contributed by atoms with Crippen LogP contribution in [0, 0.1) is 24.1 Å². The summed E-state index contributed by atoms with van der Waals surface area (Å²) < 4.78 is 18.7. The minimum atomic E-state index is -0.379. The highest BCUT2D eigenvalue weighted by molar-refractivity contribution is 7.99. The van der Waals surface area contributed by atoms with Gasteiger partial charge in [0.05, 0.1) is 16.9 Å². The number of anilines is 1. The zero-order valence-electron chi connectivity index (χ0n) is 17.0. The summed E-state index contributed by atoms with van der Waals surface area (Å²) in [6, 6.07) is 11.9. The first kappa shape index (κ1) is 22.3. The van der Waals surface area contributed by atoms with Crippen molar-refractivity contribution in [2.45, 2.75) is 12.1 Å². The molecule has 2 aromatic carbocycles. The van der Waals surface area contributed by atoms with Crippen molar-refractivity contribution >= 4 is 34.0 Å². The predicted molar refractivity (Wildman–Crippen MR) is 122 cm³/mol. The van der Waals surface area contributed by atoms with Gasteiger partial charge in [0.1, 0.15) is 28.4 Å². The summed E-state index contributed by atoms with van der Waals surface area (Å²) in [6.45, 7) is 1.83. The van der Waals surface area contributed by atoms with E-state index >= 15 is 0 Å². The van der Waals surface area contributed by atoms with Gasteiger partial charge >= 0.3 is 0 Å². The van der Waals surface area contributed by atoms with Crippen LogP contribution in [0.4, 0.5) is 9.39 Å². The van der Waals surface area contributed by atoms with Crippen LogP contribution in [0.15, 0.2) is 52.1 Å². The number of aromatic nitrogens is 2. The van der Waals surface area contributed by atoms with Gasteiger partial charge in [-0.15, -0.1) is 21.5 Å². The van der Waals surface area contributed by atoms with Crippen molar-refractivity contribution in [3.8, 4) is 40.1 Å². The van der Waals surface area contributed by atoms with Gasteiger partial charge in [-0.2, -0.15) is 5.26 Å². The Morgan fingerprint density at radius 3 is 2.70 bits per heavy atom. The van der Waals surface area contributed by atoms with E-state index in [-0.39, 0.29) is 45.7 Å². The number of carbonyl (C=O) groups excluding carboxylic acids is 1. The summed E-state index contributed by atoms with van der Waals surface area (Å²) in [6.07, 6.45) is 0. The number of thiophene rings is 1. The second-order valence-corrected chi connectivity index (χ2v) is 8.92. The van der Waals surface area contributed by atoms with Crippen LogP contribution in [0.1, 0.15) is 10.4 Å². The summed E-state index contributed by atoms with van der Waals surface area (Å²) >= 11 is 2.25. The first-order valence-electron chi connectivity index (χ1n) is 9.43. The lowest BCUT2D eigenvalue weighted by Crippen LogP contribution is -2.13. The molecule has 0 radical (unpaired) electrons. The largest absolute Gasteiger partial charge is 0.508 e. The van der Waals surface area contributed by atoms with Gasteiger partial charge in [-0.05, 0) is 36.8 Å². The number of benzene rings is 2. The summed E-state index contributed by atoms with van der Waals surface area (Å²) in [5, 5.41) is 39.9. The Labute approximate surface area is 195 Å². The quantitative estimate of drug-likeness (QED) is 0.330. The molecule has 1 amide bonds. The minimum absolute atomic E-state index is 0.0417. The van der Waals surface area contributed by atoms with Gasteiger partial charge in [-0.3, -0.25) is 4.79 Å². The number of phenols is 2. The third kappa shape index (κ3) is 4.82. The molecular weight excluding hydrogens is 467 g/mol. The number of nitriles is 1. The molecule has 2 aromatic heterocycles. The molecule has 0 unspecified atom stereocenters. The number of hydrogen-bond acceptors (Lipinski definition) is 9. The zero-order valence-corrected chi connectivity index (χ0v) is 18.6. The van der Waals surface area contributed by atoms with Crippen LogP contribution in [0.2, 0.25) is 0 Å². The molecule has 0 fully saturated rings. The maximum atomic E-state index is 13.3. The van der Waals surface area contributed by atoms with Crippen LogP contribution in [-0.2, 0) is 4.79 Å². The Hall–Kier alpha value is -3.88. The van der Waals surface area contributed by atoms with E-state index in [2.05, 4.69) is 21.6 Å². The standard InChI is InChI=1S/C22H15FN4O4S2/c1-11-19(12-2-4-13(23)5-3-12)16(9-24)21(33-11)25-18(30)10-32-22-27-26-20(31-22)15-7-6-14(28)8-17(15)29/h2-8,28-29H,10H2,1H3,(H,25,30). The number of phenolic OH excluding ortho intramolecular Hbond substituents is 2. The van der Waals surface area contributed by atoms with Crippen molar-refractivity contribution in [2.24, 2.45) is 0 Å². The van der Waals surface area contributed by atoms with Crippen molar-refractivity contribution in [3.63, 3.8) is 0 Å². The van der Waals surface area contributed by atoms with Gasteiger partial charge in [0.15, 0.2) is 0 Å². The van der Waals surface area contributed by atoms with Crippen LogP contribution in [0.3, 0.4) is 0 Å². The van der Waals surface area contributed by atoms with E-state index in [0.29, 0.717) is 21.7 Å². The number of thioether (sulfide) groups is 1. The molecule has 0 aliphatic heterocycles. The van der Waals surface area contributed by atoms with E-state index in [1.54, 1.807) is 12.1 Å². The molecular formula is C22H15FN4O4S2. The van der Waals surface area contributed by atoms with E-state index in [4.69, 9.17) is 4.42 Å². The van der Waals surface area contributed by atoms with Crippen molar-refractivity contribution < 1.29 is 23.8 Å². The molecule has 0 saturated heterocycles. The monoisotopic (exact) mass is 482 g/mol. The summed E-state index contributed by atoms with van der Waals surface area (Å²) in [7, 11) is 0. The Morgan fingerprint density at radius 1 is 1.24 bits per heavy atom. The highest BCUT2D eigenvalue weighted by atomic mass is 32.2. The molecule has 3 N–H and O–H groups in total. The first-order valence-corrected chi connectivity index (χ1v) is 11.2. The number of aromatic hydroxyl groups is 2. The second-order valence-electron chi connectivity index (χ2n) is 6.77. The van der Waals surface area contributed by atoms with Crippen LogP contribution in [-0.4, -0.2) is 32.1 Å². The molecule has 0 bridgehead atoms. The van der Waals surface area contributed by atoms with E-state index in [0.717, 1.165) is 22.7 Å². The highest BCUT2D eigenvalue weighted by Gasteiger charge is 2.20. The van der Waals surface area contributed by atoms with Crippen LogP contribution < -0.4 is 5.32 Å². The predicted octanol–water partition coefficient (Wildman–Crippen LogP) is 4.93. The molecule has 0 atom stereocenters. The number of hydrogen-bond donors (Lipinski definition) is 3.